The number of hydrogen-bond donors (Lipinski definition) is 1. The monoisotopic (exact) mass is 211 g/mol. The molecule has 0 aliphatic carbocycles. The second-order valence-corrected chi connectivity index (χ2v) is 4.41. The zero-order chi connectivity index (χ0) is 11.6. The molecule has 1 heterocycles. The van der Waals surface area contributed by atoms with Crippen LogP contribution in [0.2, 0.25) is 0 Å². The SMILES string of the molecule is CC(C)C(C)(Cc1nncn1C)C(=O)O. The number of carboxylic acid groups (broad SMARTS) is 1. The number of aliphatic carboxylic acids is 1. The first-order valence-corrected chi connectivity index (χ1v) is 4.94. The molecule has 0 aliphatic heterocycles. The molecule has 0 saturated heterocycles. The molecule has 0 saturated carbocycles. The number of nitrogens with zero attached hydrogens (tertiary/aromatic N) is 3. The van der Waals surface area contributed by atoms with Crippen LogP contribution in [0.1, 0.15) is 26.6 Å². The Labute approximate surface area is 89.1 Å². The second-order valence-electron chi connectivity index (χ2n) is 4.41. The summed E-state index contributed by atoms with van der Waals surface area (Å²) in [6.45, 7) is 5.56. The van der Waals surface area contributed by atoms with Crippen LogP contribution in [0.15, 0.2) is 6.33 Å². The summed E-state index contributed by atoms with van der Waals surface area (Å²) in [6.07, 6.45) is 1.98. The highest BCUT2D eigenvalue weighted by Crippen LogP contribution is 2.30. The molecule has 0 aromatic carbocycles. The first-order valence-electron chi connectivity index (χ1n) is 4.94. The van der Waals surface area contributed by atoms with E-state index in [1.165, 1.54) is 0 Å². The summed E-state index contributed by atoms with van der Waals surface area (Å²) in [5.74, 6) is -0.0409. The lowest BCUT2D eigenvalue weighted by atomic mass is 9.76. The molecule has 0 bridgehead atoms. The number of rotatable bonds is 4. The van der Waals surface area contributed by atoms with Crippen LogP contribution in [0.4, 0.5) is 0 Å². The number of aromatic nitrogens is 3. The molecule has 1 rings (SSSR count). The summed E-state index contributed by atoms with van der Waals surface area (Å²) in [5.41, 5.74) is -0.791. The predicted molar refractivity (Wildman–Crippen MR) is 55.3 cm³/mol. The van der Waals surface area contributed by atoms with Gasteiger partial charge in [-0.1, -0.05) is 13.8 Å². The average Bonchev–Trinajstić information content (AvgIpc) is 2.51. The fourth-order valence-electron chi connectivity index (χ4n) is 1.32. The van der Waals surface area contributed by atoms with Crippen LogP contribution in [0, 0.1) is 11.3 Å². The Bertz CT molecular complexity index is 359. The largest absolute Gasteiger partial charge is 0.481 e. The van der Waals surface area contributed by atoms with Crippen LogP contribution in [0.25, 0.3) is 0 Å². The molecule has 1 atom stereocenters. The molecule has 0 fully saturated rings. The number of hydrogen-bond acceptors (Lipinski definition) is 3. The van der Waals surface area contributed by atoms with Gasteiger partial charge in [0.25, 0.3) is 0 Å². The zero-order valence-corrected chi connectivity index (χ0v) is 9.56. The Morgan fingerprint density at radius 1 is 1.67 bits per heavy atom. The highest BCUT2D eigenvalue weighted by molar-refractivity contribution is 5.74. The van der Waals surface area contributed by atoms with Gasteiger partial charge in [-0.15, -0.1) is 10.2 Å². The summed E-state index contributed by atoms with van der Waals surface area (Å²) >= 11 is 0. The van der Waals surface area contributed by atoms with Crippen LogP contribution >= 0.6 is 0 Å². The van der Waals surface area contributed by atoms with Crippen molar-refractivity contribution in [3.8, 4) is 0 Å². The molecular formula is C10H17N3O2. The maximum Gasteiger partial charge on any atom is 0.310 e. The minimum Gasteiger partial charge on any atom is -0.481 e. The van der Waals surface area contributed by atoms with Crippen LogP contribution in [0.5, 0.6) is 0 Å². The van der Waals surface area contributed by atoms with Crippen molar-refractivity contribution >= 4 is 5.97 Å². The van der Waals surface area contributed by atoms with Gasteiger partial charge in [0.15, 0.2) is 0 Å². The van der Waals surface area contributed by atoms with E-state index < -0.39 is 11.4 Å². The van der Waals surface area contributed by atoms with Crippen molar-refractivity contribution in [1.82, 2.24) is 14.8 Å². The van der Waals surface area contributed by atoms with Crippen LogP contribution in [0.3, 0.4) is 0 Å². The molecule has 84 valence electrons. The summed E-state index contributed by atoms with van der Waals surface area (Å²) in [4.78, 5) is 11.2. The van der Waals surface area contributed by atoms with E-state index in [2.05, 4.69) is 10.2 Å². The zero-order valence-electron chi connectivity index (χ0n) is 9.56. The van der Waals surface area contributed by atoms with E-state index in [1.807, 2.05) is 20.9 Å². The quantitative estimate of drug-likeness (QED) is 0.809. The van der Waals surface area contributed by atoms with E-state index in [4.69, 9.17) is 0 Å². The third-order valence-electron chi connectivity index (χ3n) is 3.09. The lowest BCUT2D eigenvalue weighted by molar-refractivity contribution is -0.150. The molecular weight excluding hydrogens is 194 g/mol. The molecule has 0 radical (unpaired) electrons. The number of carbonyl (C=O) groups is 1. The molecule has 5 nitrogen and oxygen atoms in total. The van der Waals surface area contributed by atoms with Gasteiger partial charge in [-0.2, -0.15) is 0 Å². The lowest BCUT2D eigenvalue weighted by Gasteiger charge is -2.28. The minimum absolute atomic E-state index is 0.0479. The third-order valence-corrected chi connectivity index (χ3v) is 3.09. The normalized spacial score (nSPS) is 15.3. The summed E-state index contributed by atoms with van der Waals surface area (Å²) in [6, 6.07) is 0. The van der Waals surface area contributed by atoms with Gasteiger partial charge in [-0.25, -0.2) is 0 Å². The molecule has 1 unspecified atom stereocenters. The van der Waals surface area contributed by atoms with Gasteiger partial charge in [0, 0.05) is 13.5 Å². The van der Waals surface area contributed by atoms with Gasteiger partial charge in [0.1, 0.15) is 12.2 Å². The van der Waals surface area contributed by atoms with Crippen LogP contribution < -0.4 is 0 Å². The summed E-state index contributed by atoms with van der Waals surface area (Å²) < 4.78 is 1.75. The molecule has 0 aliphatic rings. The van der Waals surface area contributed by atoms with Crippen molar-refractivity contribution in [2.75, 3.05) is 0 Å². The molecule has 15 heavy (non-hydrogen) atoms. The van der Waals surface area contributed by atoms with Crippen LogP contribution in [-0.2, 0) is 18.3 Å². The molecule has 1 aromatic rings. The average molecular weight is 211 g/mol. The number of carboxylic acids is 1. The molecule has 5 heteroatoms. The smallest absolute Gasteiger partial charge is 0.310 e. The predicted octanol–water partition coefficient (Wildman–Crippen LogP) is 1.10. The maximum absolute atomic E-state index is 11.2. The molecule has 1 aromatic heterocycles. The topological polar surface area (TPSA) is 68.0 Å². The maximum atomic E-state index is 11.2. The number of aryl methyl sites for hydroxylation is 1. The van der Waals surface area contributed by atoms with Gasteiger partial charge in [-0.3, -0.25) is 4.79 Å². The third kappa shape index (κ3) is 2.16. The molecule has 0 spiro atoms. The lowest BCUT2D eigenvalue weighted by Crippen LogP contribution is -2.36. The van der Waals surface area contributed by atoms with Crippen molar-refractivity contribution in [1.29, 1.82) is 0 Å². The van der Waals surface area contributed by atoms with E-state index in [1.54, 1.807) is 17.8 Å². The Kier molecular flexibility index (Phi) is 3.12. The van der Waals surface area contributed by atoms with Crippen molar-refractivity contribution in [3.63, 3.8) is 0 Å². The first kappa shape index (κ1) is 11.7. The second kappa shape index (κ2) is 4.00. The minimum atomic E-state index is -0.791. The Morgan fingerprint density at radius 3 is 2.60 bits per heavy atom. The van der Waals surface area contributed by atoms with Crippen molar-refractivity contribution in [2.24, 2.45) is 18.4 Å². The van der Waals surface area contributed by atoms with Crippen LogP contribution in [-0.4, -0.2) is 25.8 Å². The summed E-state index contributed by atoms with van der Waals surface area (Å²) in [5, 5.41) is 16.9. The van der Waals surface area contributed by atoms with Gasteiger partial charge >= 0.3 is 5.97 Å². The van der Waals surface area contributed by atoms with E-state index >= 15 is 0 Å². The van der Waals surface area contributed by atoms with Crippen molar-refractivity contribution in [3.05, 3.63) is 12.2 Å². The van der Waals surface area contributed by atoms with Crippen molar-refractivity contribution < 1.29 is 9.90 Å². The Balaban J connectivity index is 2.95. The van der Waals surface area contributed by atoms with Gasteiger partial charge < -0.3 is 9.67 Å². The fraction of sp³-hybridized carbons (Fsp3) is 0.700. The molecule has 1 N–H and O–H groups in total. The van der Waals surface area contributed by atoms with Gasteiger partial charge in [0.2, 0.25) is 0 Å². The standard InChI is InChI=1S/C10H17N3O2/c1-7(2)10(3,9(14)15)5-8-12-11-6-13(8)4/h6-7H,5H2,1-4H3,(H,14,15). The first-order chi connectivity index (χ1) is 6.88. The summed E-state index contributed by atoms with van der Waals surface area (Å²) in [7, 11) is 1.82. The fourth-order valence-corrected chi connectivity index (χ4v) is 1.32. The highest BCUT2D eigenvalue weighted by Gasteiger charge is 2.38. The van der Waals surface area contributed by atoms with E-state index in [0.717, 1.165) is 0 Å². The van der Waals surface area contributed by atoms with E-state index in [9.17, 15) is 9.90 Å². The Morgan fingerprint density at radius 2 is 2.27 bits per heavy atom. The van der Waals surface area contributed by atoms with Gasteiger partial charge in [-0.05, 0) is 12.8 Å². The van der Waals surface area contributed by atoms with E-state index in [0.29, 0.717) is 12.2 Å². The van der Waals surface area contributed by atoms with E-state index in [-0.39, 0.29) is 5.92 Å². The highest BCUT2D eigenvalue weighted by atomic mass is 16.4. The van der Waals surface area contributed by atoms with Crippen molar-refractivity contribution in [2.45, 2.75) is 27.2 Å². The van der Waals surface area contributed by atoms with Gasteiger partial charge in [0.05, 0.1) is 5.41 Å². The Hall–Kier alpha value is -1.39. The molecule has 0 amide bonds.